The van der Waals surface area contributed by atoms with Gasteiger partial charge in [0.2, 0.25) is 10.0 Å². The zero-order valence-electron chi connectivity index (χ0n) is 28.2. The zero-order chi connectivity index (χ0) is 34.8. The molecule has 0 fully saturated rings. The van der Waals surface area contributed by atoms with Crippen molar-refractivity contribution >= 4 is 39.2 Å². The van der Waals surface area contributed by atoms with Gasteiger partial charge in [-0.25, -0.2) is 17.9 Å². The van der Waals surface area contributed by atoms with Gasteiger partial charge in [-0.15, -0.1) is 5.10 Å². The van der Waals surface area contributed by atoms with Crippen molar-refractivity contribution in [3.63, 3.8) is 0 Å². The van der Waals surface area contributed by atoms with Gasteiger partial charge in [0.25, 0.3) is 0 Å². The third-order valence-corrected chi connectivity index (χ3v) is 10.3. The summed E-state index contributed by atoms with van der Waals surface area (Å²) in [5, 5.41) is 20.8. The highest BCUT2D eigenvalue weighted by molar-refractivity contribution is 7.89. The lowest BCUT2D eigenvalue weighted by Gasteiger charge is -2.24. The minimum absolute atomic E-state index is 0.0519. The van der Waals surface area contributed by atoms with Crippen LogP contribution in [0.3, 0.4) is 0 Å². The lowest BCUT2D eigenvalue weighted by Crippen LogP contribution is -2.33. The van der Waals surface area contributed by atoms with Crippen LogP contribution in [0.25, 0.3) is 17.1 Å². The SMILES string of the molecule is Cc1ccc(C(CC(=O)O)c2ccc3c(c2)nnn3C)cc1CN1CC(C)Cc2cc(/C=C\CNC(=O)OC(C)(C)C)ccc2S1(=O)=O. The lowest BCUT2D eigenvalue weighted by molar-refractivity contribution is -0.137. The number of nitrogens with one attached hydrogen (secondary N) is 1. The van der Waals surface area contributed by atoms with Crippen LogP contribution in [0.5, 0.6) is 0 Å². The molecule has 0 saturated heterocycles. The number of sulfonamides is 1. The molecule has 1 aliphatic rings. The van der Waals surface area contributed by atoms with Gasteiger partial charge >= 0.3 is 12.1 Å². The van der Waals surface area contributed by atoms with Crippen molar-refractivity contribution in [3.05, 3.63) is 94.1 Å². The van der Waals surface area contributed by atoms with E-state index in [1.165, 1.54) is 4.31 Å². The molecular formula is C36H43N5O6S. The fourth-order valence-electron chi connectivity index (χ4n) is 6.09. The van der Waals surface area contributed by atoms with Crippen LogP contribution in [0.2, 0.25) is 0 Å². The zero-order valence-corrected chi connectivity index (χ0v) is 29.0. The molecule has 2 unspecified atom stereocenters. The van der Waals surface area contributed by atoms with Crippen LogP contribution in [0.1, 0.15) is 73.4 Å². The Morgan fingerprint density at radius 3 is 2.56 bits per heavy atom. The van der Waals surface area contributed by atoms with E-state index >= 15 is 0 Å². The van der Waals surface area contributed by atoms with Gasteiger partial charge in [0.05, 0.1) is 16.8 Å². The van der Waals surface area contributed by atoms with Crippen LogP contribution >= 0.6 is 0 Å². The molecule has 1 aliphatic heterocycles. The topological polar surface area (TPSA) is 144 Å². The monoisotopic (exact) mass is 673 g/mol. The van der Waals surface area contributed by atoms with Crippen LogP contribution in [-0.2, 0) is 39.6 Å². The Morgan fingerprint density at radius 2 is 1.83 bits per heavy atom. The summed E-state index contributed by atoms with van der Waals surface area (Å²) in [5.41, 5.74) is 5.86. The molecule has 4 aromatic rings. The molecule has 2 N–H and O–H groups in total. The first-order valence-corrected chi connectivity index (χ1v) is 17.4. The first-order chi connectivity index (χ1) is 22.6. The summed E-state index contributed by atoms with van der Waals surface area (Å²) >= 11 is 0. The van der Waals surface area contributed by atoms with Crippen molar-refractivity contribution in [3.8, 4) is 0 Å². The number of hydrogen-bond acceptors (Lipinski definition) is 7. The first kappa shape index (κ1) is 34.8. The maximum absolute atomic E-state index is 14.1. The minimum atomic E-state index is -3.84. The van der Waals surface area contributed by atoms with E-state index in [0.717, 1.165) is 38.9 Å². The number of carboxylic acid groups (broad SMARTS) is 1. The number of rotatable bonds is 9. The molecule has 1 aromatic heterocycles. The van der Waals surface area contributed by atoms with Gasteiger partial charge in [-0.3, -0.25) is 4.79 Å². The quantitative estimate of drug-likeness (QED) is 0.227. The van der Waals surface area contributed by atoms with Gasteiger partial charge < -0.3 is 15.2 Å². The van der Waals surface area contributed by atoms with Gasteiger partial charge in [-0.05, 0) is 91.6 Å². The molecule has 3 aromatic carbocycles. The predicted octanol–water partition coefficient (Wildman–Crippen LogP) is 5.80. The van der Waals surface area contributed by atoms with Crippen LogP contribution in [0, 0.1) is 12.8 Å². The molecule has 0 aliphatic carbocycles. The van der Waals surface area contributed by atoms with E-state index in [4.69, 9.17) is 4.74 Å². The van der Waals surface area contributed by atoms with E-state index in [0.29, 0.717) is 18.5 Å². The predicted molar refractivity (Wildman–Crippen MR) is 184 cm³/mol. The molecule has 48 heavy (non-hydrogen) atoms. The number of aromatic nitrogens is 3. The second kappa shape index (κ2) is 13.9. The van der Waals surface area contributed by atoms with Crippen molar-refractivity contribution in [1.29, 1.82) is 0 Å². The number of aryl methyl sites for hydroxylation is 2. The highest BCUT2D eigenvalue weighted by Crippen LogP contribution is 2.34. The van der Waals surface area contributed by atoms with Crippen molar-refractivity contribution in [2.45, 2.75) is 70.4 Å². The van der Waals surface area contributed by atoms with Crippen molar-refractivity contribution in [1.82, 2.24) is 24.6 Å². The van der Waals surface area contributed by atoms with Gasteiger partial charge in [-0.2, -0.15) is 4.31 Å². The summed E-state index contributed by atoms with van der Waals surface area (Å²) in [5.74, 6) is -1.34. The Hall–Kier alpha value is -4.55. The second-order valence-corrected chi connectivity index (χ2v) is 15.5. The van der Waals surface area contributed by atoms with Crippen LogP contribution in [-0.4, -0.2) is 63.6 Å². The van der Waals surface area contributed by atoms with Gasteiger partial charge in [0, 0.05) is 32.6 Å². The van der Waals surface area contributed by atoms with Crippen LogP contribution in [0.15, 0.2) is 65.6 Å². The second-order valence-electron chi connectivity index (χ2n) is 13.6. The number of carbonyl (C=O) groups is 2. The smallest absolute Gasteiger partial charge is 0.407 e. The van der Waals surface area contributed by atoms with Gasteiger partial charge in [-0.1, -0.05) is 60.7 Å². The first-order valence-electron chi connectivity index (χ1n) is 16.0. The summed E-state index contributed by atoms with van der Waals surface area (Å²) in [7, 11) is -2.04. The number of aliphatic carboxylic acids is 1. The molecule has 254 valence electrons. The number of carbonyl (C=O) groups excluding carboxylic acids is 1. The summed E-state index contributed by atoms with van der Waals surface area (Å²) in [6.07, 6.45) is 3.60. The van der Waals surface area contributed by atoms with E-state index in [2.05, 4.69) is 15.6 Å². The summed E-state index contributed by atoms with van der Waals surface area (Å²) in [6, 6.07) is 16.8. The number of fused-ring (bicyclic) bond motifs is 2. The average Bonchev–Trinajstić information content (AvgIpc) is 3.33. The van der Waals surface area contributed by atoms with E-state index in [1.54, 1.807) is 50.7 Å². The molecular weight excluding hydrogens is 630 g/mol. The number of benzene rings is 3. The molecule has 2 atom stereocenters. The molecule has 5 rings (SSSR count). The van der Waals surface area contributed by atoms with Gasteiger partial charge in [0.15, 0.2) is 0 Å². The number of alkyl carbamates (subject to hydrolysis) is 1. The van der Waals surface area contributed by atoms with Gasteiger partial charge in [0.1, 0.15) is 11.1 Å². The van der Waals surface area contributed by atoms with E-state index in [9.17, 15) is 23.1 Å². The molecule has 1 amide bonds. The maximum Gasteiger partial charge on any atom is 0.407 e. The summed E-state index contributed by atoms with van der Waals surface area (Å²) in [4.78, 5) is 24.2. The third-order valence-electron chi connectivity index (χ3n) is 8.40. The van der Waals surface area contributed by atoms with E-state index in [-0.39, 0.29) is 30.3 Å². The minimum Gasteiger partial charge on any atom is -0.481 e. The number of nitrogens with zero attached hydrogens (tertiary/aromatic N) is 4. The number of hydrogen-bond donors (Lipinski definition) is 2. The van der Waals surface area contributed by atoms with Crippen LogP contribution < -0.4 is 5.32 Å². The highest BCUT2D eigenvalue weighted by atomic mass is 32.2. The third kappa shape index (κ3) is 8.11. The molecule has 0 bridgehead atoms. The number of carboxylic acids is 1. The number of amides is 1. The Bertz CT molecular complexity index is 1980. The molecule has 11 nitrogen and oxygen atoms in total. The Morgan fingerprint density at radius 1 is 1.10 bits per heavy atom. The normalized spacial score (nSPS) is 17.2. The van der Waals surface area contributed by atoms with Crippen molar-refractivity contribution in [2.24, 2.45) is 13.0 Å². The highest BCUT2D eigenvalue weighted by Gasteiger charge is 2.33. The molecule has 0 radical (unpaired) electrons. The summed E-state index contributed by atoms with van der Waals surface area (Å²) < 4.78 is 36.7. The fourth-order valence-corrected chi connectivity index (χ4v) is 7.84. The fraction of sp³-hybridized carbons (Fsp3) is 0.389. The van der Waals surface area contributed by atoms with Crippen LogP contribution in [0.4, 0.5) is 4.79 Å². The lowest BCUT2D eigenvalue weighted by atomic mass is 9.86. The molecule has 12 heteroatoms. The standard InChI is InChI=1S/C36H43N5O6S/c1-23-16-28-17-25(8-7-15-37-35(44)47-36(3,4)5)10-14-33(28)48(45,46)41(21-23)22-29-18-26(11-9-24(29)2)30(20-34(42)43)27-12-13-32-31(19-27)38-39-40(32)6/h7-14,17-19,23,30H,15-16,20-22H2,1-6H3,(H,37,44)(H,42,43)/b8-7-. The van der Waals surface area contributed by atoms with Crippen molar-refractivity contribution in [2.75, 3.05) is 13.1 Å². The Balaban J connectivity index is 1.38. The van der Waals surface area contributed by atoms with Crippen molar-refractivity contribution < 1.29 is 27.9 Å². The Labute approximate surface area is 281 Å². The number of ether oxygens (including phenoxy) is 1. The Kier molecular flexibility index (Phi) is 10.1. The molecule has 2 heterocycles. The summed E-state index contributed by atoms with van der Waals surface area (Å²) in [6.45, 7) is 10.2. The average molecular weight is 674 g/mol. The molecule has 0 saturated carbocycles. The molecule has 0 spiro atoms. The van der Waals surface area contributed by atoms with E-state index in [1.807, 2.05) is 62.4 Å². The maximum atomic E-state index is 14.1. The largest absolute Gasteiger partial charge is 0.481 e. The van der Waals surface area contributed by atoms with E-state index < -0.39 is 33.6 Å².